The van der Waals surface area contributed by atoms with E-state index in [1.807, 2.05) is 0 Å². The highest BCUT2D eigenvalue weighted by Crippen LogP contribution is 2.23. The fourth-order valence-electron chi connectivity index (χ4n) is 2.32. The van der Waals surface area contributed by atoms with Crippen molar-refractivity contribution in [2.45, 2.75) is 6.92 Å². The largest absolute Gasteiger partial charge is 0.399 e. The highest BCUT2D eigenvalue weighted by Gasteiger charge is 2.27. The number of anilines is 1. The zero-order valence-corrected chi connectivity index (χ0v) is 11.4. The first-order chi connectivity index (χ1) is 9.52. The number of carbonyl (C=O) groups is 1. The lowest BCUT2D eigenvalue weighted by Gasteiger charge is -2.34. The highest BCUT2D eigenvalue weighted by atomic mass is 16.6. The van der Waals surface area contributed by atoms with Crippen LogP contribution in [0.2, 0.25) is 0 Å². The first-order valence-electron chi connectivity index (χ1n) is 6.58. The number of likely N-dealkylation sites (N-methyl/N-ethyl adjacent to an activating group) is 1. The topological polar surface area (TPSA) is 92.7 Å². The number of nitrogen functional groups attached to an aromatic ring is 1. The molecular weight excluding hydrogens is 260 g/mol. The van der Waals surface area contributed by atoms with Crippen molar-refractivity contribution < 1.29 is 9.72 Å². The Labute approximate surface area is 117 Å². The molecule has 0 spiro atoms. The summed E-state index contributed by atoms with van der Waals surface area (Å²) >= 11 is 0. The lowest BCUT2D eigenvalue weighted by atomic mass is 10.1. The second-order valence-electron chi connectivity index (χ2n) is 4.76. The van der Waals surface area contributed by atoms with Crippen molar-refractivity contribution in [1.29, 1.82) is 0 Å². The van der Waals surface area contributed by atoms with E-state index in [-0.39, 0.29) is 17.2 Å². The Kier molecular flexibility index (Phi) is 4.19. The predicted molar refractivity (Wildman–Crippen MR) is 75.5 cm³/mol. The Balaban J connectivity index is 2.21. The van der Waals surface area contributed by atoms with E-state index in [4.69, 9.17) is 5.73 Å². The number of piperazine rings is 1. The van der Waals surface area contributed by atoms with Crippen molar-refractivity contribution in [3.05, 3.63) is 33.9 Å². The fraction of sp³-hybridized carbons (Fsp3) is 0.462. The maximum atomic E-state index is 12.4. The van der Waals surface area contributed by atoms with Gasteiger partial charge in [0.1, 0.15) is 5.56 Å². The van der Waals surface area contributed by atoms with Crippen LogP contribution in [0.25, 0.3) is 0 Å². The van der Waals surface area contributed by atoms with Crippen LogP contribution < -0.4 is 5.73 Å². The summed E-state index contributed by atoms with van der Waals surface area (Å²) in [5, 5.41) is 11.0. The third kappa shape index (κ3) is 2.88. The van der Waals surface area contributed by atoms with Gasteiger partial charge < -0.3 is 15.5 Å². The van der Waals surface area contributed by atoms with Gasteiger partial charge >= 0.3 is 0 Å². The van der Waals surface area contributed by atoms with Crippen LogP contribution in [0.1, 0.15) is 17.3 Å². The van der Waals surface area contributed by atoms with Crippen molar-refractivity contribution in [3.8, 4) is 0 Å². The van der Waals surface area contributed by atoms with E-state index in [9.17, 15) is 14.9 Å². The molecule has 2 N–H and O–H groups in total. The number of hydrogen-bond acceptors (Lipinski definition) is 5. The number of nitro groups is 1. The van der Waals surface area contributed by atoms with E-state index in [2.05, 4.69) is 11.8 Å². The summed E-state index contributed by atoms with van der Waals surface area (Å²) in [4.78, 5) is 26.8. The molecule has 20 heavy (non-hydrogen) atoms. The van der Waals surface area contributed by atoms with Crippen molar-refractivity contribution in [1.82, 2.24) is 9.80 Å². The average molecular weight is 278 g/mol. The standard InChI is InChI=1S/C13H18N4O3/c1-2-15-5-7-16(8-6-15)13(18)11-9-10(14)3-4-12(11)17(19)20/h3-4,9H,2,5-8,14H2,1H3. The monoisotopic (exact) mass is 278 g/mol. The Morgan fingerprint density at radius 1 is 1.35 bits per heavy atom. The summed E-state index contributed by atoms with van der Waals surface area (Å²) < 4.78 is 0. The van der Waals surface area contributed by atoms with Crippen LogP contribution in [0.3, 0.4) is 0 Å². The highest BCUT2D eigenvalue weighted by molar-refractivity contribution is 5.99. The molecule has 1 heterocycles. The normalized spacial score (nSPS) is 16.1. The molecule has 1 aliphatic rings. The van der Waals surface area contributed by atoms with Gasteiger partial charge in [-0.3, -0.25) is 14.9 Å². The van der Waals surface area contributed by atoms with E-state index in [1.54, 1.807) is 4.90 Å². The number of nitrogens with zero attached hydrogens (tertiary/aromatic N) is 3. The second-order valence-corrected chi connectivity index (χ2v) is 4.76. The lowest BCUT2D eigenvalue weighted by Crippen LogP contribution is -2.48. The zero-order chi connectivity index (χ0) is 14.7. The van der Waals surface area contributed by atoms with Gasteiger partial charge in [-0.15, -0.1) is 0 Å². The molecule has 1 saturated heterocycles. The van der Waals surface area contributed by atoms with Gasteiger partial charge in [0.2, 0.25) is 0 Å². The molecular formula is C13H18N4O3. The molecule has 0 unspecified atom stereocenters. The van der Waals surface area contributed by atoms with Gasteiger partial charge in [-0.1, -0.05) is 6.92 Å². The van der Waals surface area contributed by atoms with Crippen molar-refractivity contribution in [2.24, 2.45) is 0 Å². The van der Waals surface area contributed by atoms with E-state index in [0.717, 1.165) is 19.6 Å². The van der Waals surface area contributed by atoms with E-state index < -0.39 is 4.92 Å². The van der Waals surface area contributed by atoms with Gasteiger partial charge in [-0.2, -0.15) is 0 Å². The third-order valence-electron chi connectivity index (χ3n) is 3.55. The maximum Gasteiger partial charge on any atom is 0.282 e. The molecule has 7 nitrogen and oxygen atoms in total. The summed E-state index contributed by atoms with van der Waals surface area (Å²) in [5.74, 6) is -0.320. The van der Waals surface area contributed by atoms with E-state index in [1.165, 1.54) is 18.2 Å². The van der Waals surface area contributed by atoms with Crippen molar-refractivity contribution >= 4 is 17.3 Å². The molecule has 1 aromatic carbocycles. The number of nitrogens with two attached hydrogens (primary N) is 1. The smallest absolute Gasteiger partial charge is 0.282 e. The second kappa shape index (κ2) is 5.87. The minimum absolute atomic E-state index is 0.0694. The molecule has 108 valence electrons. The lowest BCUT2D eigenvalue weighted by molar-refractivity contribution is -0.385. The minimum atomic E-state index is -0.547. The van der Waals surface area contributed by atoms with Gasteiger partial charge in [0.05, 0.1) is 4.92 Å². The van der Waals surface area contributed by atoms with Gasteiger partial charge in [0.15, 0.2) is 0 Å². The first-order valence-corrected chi connectivity index (χ1v) is 6.58. The van der Waals surface area contributed by atoms with Gasteiger partial charge in [0.25, 0.3) is 11.6 Å². The van der Waals surface area contributed by atoms with Crippen LogP contribution in [0, 0.1) is 10.1 Å². The van der Waals surface area contributed by atoms with Crippen LogP contribution >= 0.6 is 0 Å². The zero-order valence-electron chi connectivity index (χ0n) is 11.4. The molecule has 0 saturated carbocycles. The molecule has 7 heteroatoms. The third-order valence-corrected chi connectivity index (χ3v) is 3.55. The molecule has 1 aliphatic heterocycles. The van der Waals surface area contributed by atoms with E-state index in [0.29, 0.717) is 18.8 Å². The number of rotatable bonds is 3. The molecule has 2 rings (SSSR count). The Bertz CT molecular complexity index is 524. The molecule has 0 aliphatic carbocycles. The maximum absolute atomic E-state index is 12.4. The number of nitro benzene ring substituents is 1. The fourth-order valence-corrected chi connectivity index (χ4v) is 2.32. The number of amides is 1. The Hall–Kier alpha value is -2.15. The van der Waals surface area contributed by atoms with Gasteiger partial charge in [-0.05, 0) is 18.7 Å². The molecule has 0 radical (unpaired) electrons. The Morgan fingerprint density at radius 3 is 2.55 bits per heavy atom. The molecule has 1 fully saturated rings. The van der Waals surface area contributed by atoms with Crippen molar-refractivity contribution in [3.63, 3.8) is 0 Å². The molecule has 0 atom stereocenters. The van der Waals surface area contributed by atoms with Crippen LogP contribution in [-0.2, 0) is 0 Å². The van der Waals surface area contributed by atoms with Gasteiger partial charge in [0, 0.05) is 37.9 Å². The summed E-state index contributed by atoms with van der Waals surface area (Å²) in [7, 11) is 0. The van der Waals surface area contributed by atoms with E-state index >= 15 is 0 Å². The number of benzene rings is 1. The molecule has 1 aromatic rings. The molecule has 0 bridgehead atoms. The number of hydrogen-bond donors (Lipinski definition) is 1. The minimum Gasteiger partial charge on any atom is -0.399 e. The summed E-state index contributed by atoms with van der Waals surface area (Å²) in [5.41, 5.74) is 5.87. The summed E-state index contributed by atoms with van der Waals surface area (Å²) in [6.45, 7) is 5.76. The summed E-state index contributed by atoms with van der Waals surface area (Å²) in [6.07, 6.45) is 0. The van der Waals surface area contributed by atoms with Crippen LogP contribution in [0.15, 0.2) is 18.2 Å². The SMILES string of the molecule is CCN1CCN(C(=O)c2cc(N)ccc2[N+](=O)[O-])CC1. The molecule has 1 amide bonds. The quantitative estimate of drug-likeness (QED) is 0.505. The predicted octanol–water partition coefficient (Wildman–Crippen LogP) is 0.955. The van der Waals surface area contributed by atoms with Crippen LogP contribution in [0.4, 0.5) is 11.4 Å². The van der Waals surface area contributed by atoms with Crippen LogP contribution in [-0.4, -0.2) is 53.4 Å². The Morgan fingerprint density at radius 2 is 2.00 bits per heavy atom. The van der Waals surface area contributed by atoms with Crippen molar-refractivity contribution in [2.75, 3.05) is 38.5 Å². The van der Waals surface area contributed by atoms with Crippen LogP contribution in [0.5, 0.6) is 0 Å². The first kappa shape index (κ1) is 14.3. The average Bonchev–Trinajstić information content (AvgIpc) is 2.46. The summed E-state index contributed by atoms with van der Waals surface area (Å²) in [6, 6.07) is 4.10. The number of carbonyl (C=O) groups excluding carboxylic acids is 1. The van der Waals surface area contributed by atoms with Gasteiger partial charge in [-0.25, -0.2) is 0 Å². The molecule has 0 aromatic heterocycles.